The molecule has 0 saturated heterocycles. The molecule has 0 unspecified atom stereocenters. The normalized spacial score (nSPS) is 13.7. The van der Waals surface area contributed by atoms with Crippen molar-refractivity contribution in [3.05, 3.63) is 47.0 Å². The molecule has 3 rings (SSSR count). The van der Waals surface area contributed by atoms with Crippen LogP contribution in [0.15, 0.2) is 24.3 Å². The van der Waals surface area contributed by atoms with E-state index in [1.807, 2.05) is 12.1 Å². The lowest BCUT2D eigenvalue weighted by molar-refractivity contribution is 0.0773. The SMILES string of the molecule is CN(Cc1cccc(C#N)c1)C(=O)c1n[nH]c(C2CC2)n1. The summed E-state index contributed by atoms with van der Waals surface area (Å²) >= 11 is 0. The van der Waals surface area contributed by atoms with Gasteiger partial charge in [0.15, 0.2) is 0 Å². The molecule has 0 spiro atoms. The third-order valence-corrected chi connectivity index (χ3v) is 3.48. The number of carbonyl (C=O) groups is 1. The minimum Gasteiger partial charge on any atom is -0.335 e. The van der Waals surface area contributed by atoms with E-state index >= 15 is 0 Å². The summed E-state index contributed by atoms with van der Waals surface area (Å²) in [5, 5.41) is 15.7. The number of hydrogen-bond acceptors (Lipinski definition) is 4. The second kappa shape index (κ2) is 5.37. The Morgan fingerprint density at radius 3 is 3.05 bits per heavy atom. The standard InChI is InChI=1S/C15H15N5O/c1-20(9-11-4-2-3-10(7-11)8-16)15(21)14-17-13(18-19-14)12-5-6-12/h2-4,7,12H,5-6,9H2,1H3,(H,17,18,19). The molecule has 1 saturated carbocycles. The zero-order valence-corrected chi connectivity index (χ0v) is 11.7. The number of hydrogen-bond donors (Lipinski definition) is 1. The first kappa shape index (κ1) is 13.3. The Bertz CT molecular complexity index is 711. The van der Waals surface area contributed by atoms with Crippen LogP contribution in [0.2, 0.25) is 0 Å². The highest BCUT2D eigenvalue weighted by Gasteiger charge is 2.28. The van der Waals surface area contributed by atoms with Gasteiger partial charge in [0.05, 0.1) is 11.6 Å². The molecule has 1 aromatic carbocycles. The Balaban J connectivity index is 1.69. The van der Waals surface area contributed by atoms with E-state index in [-0.39, 0.29) is 11.7 Å². The van der Waals surface area contributed by atoms with Gasteiger partial charge in [0, 0.05) is 19.5 Å². The van der Waals surface area contributed by atoms with Gasteiger partial charge in [-0.25, -0.2) is 4.98 Å². The van der Waals surface area contributed by atoms with Crippen molar-refractivity contribution < 1.29 is 4.79 Å². The van der Waals surface area contributed by atoms with Crippen LogP contribution in [-0.4, -0.2) is 33.0 Å². The van der Waals surface area contributed by atoms with Crippen molar-refractivity contribution in [1.29, 1.82) is 5.26 Å². The number of aromatic nitrogens is 3. The molecule has 1 aromatic heterocycles. The van der Waals surface area contributed by atoms with Gasteiger partial charge in [0.2, 0.25) is 5.82 Å². The molecule has 106 valence electrons. The van der Waals surface area contributed by atoms with Crippen molar-refractivity contribution in [2.24, 2.45) is 0 Å². The first-order valence-electron chi connectivity index (χ1n) is 6.84. The molecule has 0 radical (unpaired) electrons. The van der Waals surface area contributed by atoms with Crippen LogP contribution in [-0.2, 0) is 6.54 Å². The van der Waals surface area contributed by atoms with E-state index in [0.717, 1.165) is 24.2 Å². The number of amides is 1. The summed E-state index contributed by atoms with van der Waals surface area (Å²) in [4.78, 5) is 18.1. The van der Waals surface area contributed by atoms with Crippen LogP contribution >= 0.6 is 0 Å². The lowest BCUT2D eigenvalue weighted by Crippen LogP contribution is -2.27. The molecule has 1 heterocycles. The first-order valence-corrected chi connectivity index (χ1v) is 6.84. The summed E-state index contributed by atoms with van der Waals surface area (Å²) < 4.78 is 0. The van der Waals surface area contributed by atoms with E-state index in [2.05, 4.69) is 21.3 Å². The Morgan fingerprint density at radius 1 is 1.52 bits per heavy atom. The van der Waals surface area contributed by atoms with Crippen molar-refractivity contribution in [2.75, 3.05) is 7.05 Å². The zero-order chi connectivity index (χ0) is 14.8. The molecule has 1 N–H and O–H groups in total. The van der Waals surface area contributed by atoms with Crippen molar-refractivity contribution in [3.8, 4) is 6.07 Å². The fraction of sp³-hybridized carbons (Fsp3) is 0.333. The molecular weight excluding hydrogens is 266 g/mol. The molecule has 21 heavy (non-hydrogen) atoms. The van der Waals surface area contributed by atoms with Gasteiger partial charge >= 0.3 is 0 Å². The second-order valence-electron chi connectivity index (χ2n) is 5.29. The van der Waals surface area contributed by atoms with Gasteiger partial charge in [-0.3, -0.25) is 9.89 Å². The monoisotopic (exact) mass is 281 g/mol. The molecule has 1 aliphatic carbocycles. The van der Waals surface area contributed by atoms with Crippen molar-refractivity contribution in [2.45, 2.75) is 25.3 Å². The fourth-order valence-electron chi connectivity index (χ4n) is 2.16. The number of H-pyrrole nitrogens is 1. The minimum atomic E-state index is -0.222. The third kappa shape index (κ3) is 2.92. The Kier molecular flexibility index (Phi) is 3.40. The molecule has 0 aliphatic heterocycles. The summed E-state index contributed by atoms with van der Waals surface area (Å²) in [5.41, 5.74) is 1.49. The zero-order valence-electron chi connectivity index (χ0n) is 11.7. The van der Waals surface area contributed by atoms with E-state index in [9.17, 15) is 4.79 Å². The van der Waals surface area contributed by atoms with Crippen LogP contribution in [0.3, 0.4) is 0 Å². The summed E-state index contributed by atoms with van der Waals surface area (Å²) in [6, 6.07) is 9.30. The smallest absolute Gasteiger partial charge is 0.293 e. The van der Waals surface area contributed by atoms with E-state index < -0.39 is 0 Å². The Labute approximate surface area is 122 Å². The second-order valence-corrected chi connectivity index (χ2v) is 5.29. The minimum absolute atomic E-state index is 0.204. The molecule has 1 aliphatic rings. The Morgan fingerprint density at radius 2 is 2.33 bits per heavy atom. The molecule has 6 nitrogen and oxygen atoms in total. The van der Waals surface area contributed by atoms with E-state index in [0.29, 0.717) is 18.0 Å². The topological polar surface area (TPSA) is 85.7 Å². The lowest BCUT2D eigenvalue weighted by atomic mass is 10.1. The number of nitrogens with one attached hydrogen (secondary N) is 1. The van der Waals surface area contributed by atoms with Crippen LogP contribution < -0.4 is 0 Å². The van der Waals surface area contributed by atoms with Gasteiger partial charge in [-0.05, 0) is 30.5 Å². The van der Waals surface area contributed by atoms with Gasteiger partial charge in [-0.15, -0.1) is 5.10 Å². The predicted molar refractivity (Wildman–Crippen MR) is 75.3 cm³/mol. The van der Waals surface area contributed by atoms with E-state index in [1.54, 1.807) is 24.1 Å². The molecule has 2 aromatic rings. The molecular formula is C15H15N5O. The Hall–Kier alpha value is -2.68. The largest absolute Gasteiger partial charge is 0.335 e. The third-order valence-electron chi connectivity index (χ3n) is 3.48. The van der Waals surface area contributed by atoms with Crippen LogP contribution in [0, 0.1) is 11.3 Å². The van der Waals surface area contributed by atoms with Crippen molar-refractivity contribution in [3.63, 3.8) is 0 Å². The predicted octanol–water partition coefficient (Wildman–Crippen LogP) is 1.83. The van der Waals surface area contributed by atoms with Gasteiger partial charge in [-0.2, -0.15) is 5.26 Å². The highest BCUT2D eigenvalue weighted by molar-refractivity contribution is 5.90. The average molecular weight is 281 g/mol. The summed E-state index contributed by atoms with van der Waals surface area (Å²) in [7, 11) is 1.70. The lowest BCUT2D eigenvalue weighted by Gasteiger charge is -2.15. The first-order chi connectivity index (χ1) is 10.2. The molecule has 0 bridgehead atoms. The maximum atomic E-state index is 12.3. The van der Waals surface area contributed by atoms with Crippen LogP contribution in [0.5, 0.6) is 0 Å². The molecule has 0 atom stereocenters. The van der Waals surface area contributed by atoms with Crippen LogP contribution in [0.25, 0.3) is 0 Å². The van der Waals surface area contributed by atoms with Crippen molar-refractivity contribution >= 4 is 5.91 Å². The average Bonchev–Trinajstić information content (AvgIpc) is 3.24. The quantitative estimate of drug-likeness (QED) is 0.926. The molecule has 1 amide bonds. The number of benzene rings is 1. The number of carbonyl (C=O) groups excluding carboxylic acids is 1. The van der Waals surface area contributed by atoms with Gasteiger partial charge in [0.1, 0.15) is 5.82 Å². The number of aromatic amines is 1. The van der Waals surface area contributed by atoms with Gasteiger partial charge in [0.25, 0.3) is 5.91 Å². The van der Waals surface area contributed by atoms with Gasteiger partial charge < -0.3 is 4.90 Å². The van der Waals surface area contributed by atoms with Gasteiger partial charge in [-0.1, -0.05) is 12.1 Å². The highest BCUT2D eigenvalue weighted by Crippen LogP contribution is 2.37. The molecule has 6 heteroatoms. The van der Waals surface area contributed by atoms with Crippen LogP contribution in [0.4, 0.5) is 0 Å². The maximum absolute atomic E-state index is 12.3. The van der Waals surface area contributed by atoms with Crippen molar-refractivity contribution in [1.82, 2.24) is 20.1 Å². The number of rotatable bonds is 4. The highest BCUT2D eigenvalue weighted by atomic mass is 16.2. The van der Waals surface area contributed by atoms with Crippen LogP contribution in [0.1, 0.15) is 46.3 Å². The summed E-state index contributed by atoms with van der Waals surface area (Å²) in [6.45, 7) is 0.418. The summed E-state index contributed by atoms with van der Waals surface area (Å²) in [5.74, 6) is 1.23. The van der Waals surface area contributed by atoms with E-state index in [4.69, 9.17) is 5.26 Å². The number of nitriles is 1. The number of nitrogens with zero attached hydrogens (tertiary/aromatic N) is 4. The maximum Gasteiger partial charge on any atom is 0.293 e. The fourth-order valence-corrected chi connectivity index (χ4v) is 2.16. The molecule has 1 fully saturated rings. The summed E-state index contributed by atoms with van der Waals surface area (Å²) in [6.07, 6.45) is 2.22. The van der Waals surface area contributed by atoms with E-state index in [1.165, 1.54) is 0 Å².